The van der Waals surface area contributed by atoms with Crippen molar-refractivity contribution in [1.82, 2.24) is 5.32 Å². The van der Waals surface area contributed by atoms with E-state index in [9.17, 15) is 40.5 Å². The van der Waals surface area contributed by atoms with Gasteiger partial charge in [0.1, 0.15) is 36.6 Å². The maximum Gasteiger partial charge on any atom is 0.249 e. The predicted octanol–water partition coefficient (Wildman–Crippen LogP) is 21.3. The van der Waals surface area contributed by atoms with Gasteiger partial charge in [-0.15, -0.1) is 0 Å². The molecule has 1 heterocycles. The Balaban J connectivity index is 2.15. The number of unbranched alkanes of at least 4 members (excludes halogenated alkanes) is 55. The molecule has 1 aliphatic heterocycles. The number of hydrogen-bond donors (Lipinski definition) is 8. The van der Waals surface area contributed by atoms with Gasteiger partial charge in [-0.2, -0.15) is 0 Å². The summed E-state index contributed by atoms with van der Waals surface area (Å²) in [5.74, 6) is -0.703. The Hall–Kier alpha value is -1.67. The lowest BCUT2D eigenvalue weighted by atomic mass is 9.98. The number of carbonyl (C=O) groups is 1. The molecule has 0 radical (unpaired) electrons. The summed E-state index contributed by atoms with van der Waals surface area (Å²) in [6, 6.07) is -1.19. The molecule has 1 rings (SSSR count). The van der Waals surface area contributed by atoms with Crippen molar-refractivity contribution in [3.63, 3.8) is 0 Å². The number of amides is 1. The van der Waals surface area contributed by atoms with Gasteiger partial charge in [0, 0.05) is 0 Å². The second-order valence-corrected chi connectivity index (χ2v) is 28.8. The standard InChI is InChI=1S/C82H157NO10/c1-3-5-7-9-11-13-15-17-19-21-23-25-27-29-31-33-35-37-38-40-42-44-46-48-50-52-54-56-58-60-62-64-66-68-70-75(86)81(91)83-73(72-92-82-80(90)79(89)78(88)76(71-84)93-82)77(87)74(85)69-67-65-63-61-59-57-55-53-51-49-47-45-43-41-39-36-34-32-30-28-26-24-22-20-18-16-14-12-10-8-6-4-2/h33,35,53,55,61,63,73-80,82,84-90H,3-32,34,36-52,54,56-60,62,64-72H2,1-2H3,(H,83,91)/b35-33-,55-53+,63-61+. The van der Waals surface area contributed by atoms with Gasteiger partial charge in [-0.3, -0.25) is 4.79 Å². The van der Waals surface area contributed by atoms with E-state index in [0.717, 1.165) is 38.5 Å². The number of aliphatic hydroxyl groups excluding tert-OH is 7. The highest BCUT2D eigenvalue weighted by molar-refractivity contribution is 5.80. The Labute approximate surface area is 575 Å². The molecule has 550 valence electrons. The van der Waals surface area contributed by atoms with E-state index < -0.39 is 74.2 Å². The van der Waals surface area contributed by atoms with E-state index in [1.165, 1.54) is 327 Å². The zero-order chi connectivity index (χ0) is 67.4. The van der Waals surface area contributed by atoms with Crippen molar-refractivity contribution in [2.75, 3.05) is 13.2 Å². The molecule has 9 atom stereocenters. The molecule has 8 N–H and O–H groups in total. The van der Waals surface area contributed by atoms with Gasteiger partial charge < -0.3 is 50.5 Å². The normalized spacial score (nSPS) is 18.4. The van der Waals surface area contributed by atoms with Gasteiger partial charge >= 0.3 is 0 Å². The van der Waals surface area contributed by atoms with Crippen LogP contribution in [0.15, 0.2) is 36.5 Å². The molecule has 0 bridgehead atoms. The third kappa shape index (κ3) is 56.9. The Bertz CT molecular complexity index is 1610. The monoisotopic (exact) mass is 1320 g/mol. The number of hydrogen-bond acceptors (Lipinski definition) is 10. The molecule has 0 aliphatic carbocycles. The lowest BCUT2D eigenvalue weighted by Crippen LogP contribution is -2.60. The summed E-state index contributed by atoms with van der Waals surface area (Å²) in [7, 11) is 0. The van der Waals surface area contributed by atoms with Crippen molar-refractivity contribution in [3.8, 4) is 0 Å². The van der Waals surface area contributed by atoms with Crippen LogP contribution in [0.3, 0.4) is 0 Å². The predicted molar refractivity (Wildman–Crippen MR) is 395 cm³/mol. The van der Waals surface area contributed by atoms with Crippen LogP contribution in [0, 0.1) is 0 Å². The molecule has 11 heteroatoms. The van der Waals surface area contributed by atoms with E-state index in [2.05, 4.69) is 55.6 Å². The Morgan fingerprint density at radius 3 is 0.957 bits per heavy atom. The van der Waals surface area contributed by atoms with Crippen LogP contribution in [-0.2, 0) is 14.3 Å². The fourth-order valence-corrected chi connectivity index (χ4v) is 13.4. The summed E-state index contributed by atoms with van der Waals surface area (Å²) in [6.45, 7) is 3.51. The highest BCUT2D eigenvalue weighted by Crippen LogP contribution is 2.24. The average molecular weight is 1320 g/mol. The van der Waals surface area contributed by atoms with Gasteiger partial charge in [0.25, 0.3) is 0 Å². The van der Waals surface area contributed by atoms with Crippen molar-refractivity contribution in [1.29, 1.82) is 0 Å². The van der Waals surface area contributed by atoms with Gasteiger partial charge in [-0.05, 0) is 77.0 Å². The van der Waals surface area contributed by atoms with E-state index in [-0.39, 0.29) is 12.8 Å². The van der Waals surface area contributed by atoms with Crippen molar-refractivity contribution in [3.05, 3.63) is 36.5 Å². The second kappa shape index (κ2) is 70.2. The number of ether oxygens (including phenoxy) is 2. The molecule has 1 saturated heterocycles. The minimum Gasteiger partial charge on any atom is -0.394 e. The summed E-state index contributed by atoms with van der Waals surface area (Å²) in [6.07, 6.45) is 81.3. The maximum absolute atomic E-state index is 13.3. The first-order chi connectivity index (χ1) is 45.7. The Morgan fingerprint density at radius 2 is 0.645 bits per heavy atom. The molecular formula is C82H157NO10. The maximum atomic E-state index is 13.3. The Kier molecular flexibility index (Phi) is 67.4. The minimum absolute atomic E-state index is 0.248. The average Bonchev–Trinajstić information content (AvgIpc) is 1.04. The third-order valence-corrected chi connectivity index (χ3v) is 19.9. The largest absolute Gasteiger partial charge is 0.394 e. The zero-order valence-corrected chi connectivity index (χ0v) is 61.3. The molecule has 1 fully saturated rings. The fourth-order valence-electron chi connectivity index (χ4n) is 13.4. The topological polar surface area (TPSA) is 189 Å². The highest BCUT2D eigenvalue weighted by atomic mass is 16.7. The van der Waals surface area contributed by atoms with Crippen LogP contribution < -0.4 is 5.32 Å². The minimum atomic E-state index is -1.67. The summed E-state index contributed by atoms with van der Waals surface area (Å²) in [5.41, 5.74) is 0. The van der Waals surface area contributed by atoms with Crippen molar-refractivity contribution >= 4 is 5.91 Å². The number of rotatable bonds is 73. The van der Waals surface area contributed by atoms with Crippen molar-refractivity contribution < 1.29 is 50.0 Å². The van der Waals surface area contributed by atoms with Crippen LogP contribution in [0.2, 0.25) is 0 Å². The van der Waals surface area contributed by atoms with Crippen LogP contribution in [0.4, 0.5) is 0 Å². The van der Waals surface area contributed by atoms with E-state index >= 15 is 0 Å². The van der Waals surface area contributed by atoms with Gasteiger partial charge in [-0.1, -0.05) is 371 Å². The first kappa shape index (κ1) is 89.3. The lowest BCUT2D eigenvalue weighted by Gasteiger charge is -2.40. The van der Waals surface area contributed by atoms with Gasteiger partial charge in [0.05, 0.1) is 25.4 Å². The van der Waals surface area contributed by atoms with Crippen LogP contribution in [0.5, 0.6) is 0 Å². The number of allylic oxidation sites excluding steroid dienone is 6. The highest BCUT2D eigenvalue weighted by Gasteiger charge is 2.44. The molecule has 0 spiro atoms. The summed E-state index contributed by atoms with van der Waals surface area (Å²) >= 11 is 0. The van der Waals surface area contributed by atoms with E-state index in [4.69, 9.17) is 9.47 Å². The number of nitrogens with one attached hydrogen (secondary N) is 1. The molecule has 0 saturated carbocycles. The molecular weight excluding hydrogens is 1160 g/mol. The molecule has 0 aromatic heterocycles. The van der Waals surface area contributed by atoms with Gasteiger partial charge in [0.15, 0.2) is 6.29 Å². The summed E-state index contributed by atoms with van der Waals surface area (Å²) < 4.78 is 11.2. The second-order valence-electron chi connectivity index (χ2n) is 28.8. The van der Waals surface area contributed by atoms with E-state index in [1.807, 2.05) is 0 Å². The SMILES string of the molecule is CCCCCCCCCCCCCCCC/C=C\CCCCCCCCCCCCCCCCCCC(O)C(=O)NC(COC1OC(CO)C(O)C(O)C1O)C(O)C(O)CCC/C=C/CC/C=C/CCCCCCCCCCCCCCCCCCCCCCCCC. The number of carbonyl (C=O) groups excluding carboxylic acids is 1. The van der Waals surface area contributed by atoms with Gasteiger partial charge in [0.2, 0.25) is 5.91 Å². The molecule has 11 nitrogen and oxygen atoms in total. The van der Waals surface area contributed by atoms with Crippen LogP contribution in [0.25, 0.3) is 0 Å². The molecule has 1 amide bonds. The third-order valence-electron chi connectivity index (χ3n) is 19.9. The van der Waals surface area contributed by atoms with Crippen LogP contribution in [0.1, 0.15) is 412 Å². The molecule has 9 unspecified atom stereocenters. The Morgan fingerprint density at radius 1 is 0.366 bits per heavy atom. The van der Waals surface area contributed by atoms with E-state index in [1.54, 1.807) is 0 Å². The fraction of sp³-hybridized carbons (Fsp3) is 0.915. The number of aliphatic hydroxyl groups is 7. The van der Waals surface area contributed by atoms with Crippen molar-refractivity contribution in [2.24, 2.45) is 0 Å². The van der Waals surface area contributed by atoms with Crippen LogP contribution in [-0.4, -0.2) is 110 Å². The van der Waals surface area contributed by atoms with E-state index in [0.29, 0.717) is 19.3 Å². The summed E-state index contributed by atoms with van der Waals surface area (Å²) in [4.78, 5) is 13.3. The quantitative estimate of drug-likeness (QED) is 0.0215. The first-order valence-electron chi connectivity index (χ1n) is 40.9. The van der Waals surface area contributed by atoms with Crippen molar-refractivity contribution in [2.45, 2.75) is 467 Å². The zero-order valence-electron chi connectivity index (χ0n) is 61.3. The van der Waals surface area contributed by atoms with Crippen LogP contribution >= 0.6 is 0 Å². The molecule has 0 aromatic carbocycles. The molecule has 93 heavy (non-hydrogen) atoms. The van der Waals surface area contributed by atoms with Gasteiger partial charge in [-0.25, -0.2) is 0 Å². The molecule has 1 aliphatic rings. The summed E-state index contributed by atoms with van der Waals surface area (Å²) in [5, 5.41) is 76.7. The first-order valence-corrected chi connectivity index (χ1v) is 40.9. The molecule has 0 aromatic rings. The lowest BCUT2D eigenvalue weighted by molar-refractivity contribution is -0.303. The smallest absolute Gasteiger partial charge is 0.249 e.